The highest BCUT2D eigenvalue weighted by Crippen LogP contribution is 2.23. The van der Waals surface area contributed by atoms with Gasteiger partial charge in [0.25, 0.3) is 0 Å². The number of nitrogens with one attached hydrogen (secondary N) is 1. The summed E-state index contributed by atoms with van der Waals surface area (Å²) in [6, 6.07) is 7.71. The van der Waals surface area contributed by atoms with Crippen LogP contribution in [0.25, 0.3) is 4.96 Å². The van der Waals surface area contributed by atoms with Gasteiger partial charge >= 0.3 is 0 Å². The highest BCUT2D eigenvalue weighted by atomic mass is 32.2. The van der Waals surface area contributed by atoms with Crippen LogP contribution in [-0.4, -0.2) is 31.5 Å². The predicted molar refractivity (Wildman–Crippen MR) is 79.2 cm³/mol. The van der Waals surface area contributed by atoms with Crippen LogP contribution < -0.4 is 5.32 Å². The van der Waals surface area contributed by atoms with E-state index >= 15 is 0 Å². The number of benzene rings is 1. The fraction of sp³-hybridized carbons (Fsp3) is 0.167. The van der Waals surface area contributed by atoms with Gasteiger partial charge in [0.2, 0.25) is 10.9 Å². The Hall–Kier alpha value is -1.93. The number of fused-ring (bicyclic) bond motifs is 1. The second-order valence-corrected chi connectivity index (χ2v) is 6.31. The van der Waals surface area contributed by atoms with E-state index in [-0.39, 0.29) is 5.91 Å². The molecule has 3 aromatic rings. The third-order valence-corrected chi connectivity index (χ3v) is 4.58. The van der Waals surface area contributed by atoms with E-state index < -0.39 is 0 Å². The van der Waals surface area contributed by atoms with E-state index in [0.29, 0.717) is 5.75 Å². The summed E-state index contributed by atoms with van der Waals surface area (Å²) in [5.74, 6) is 0.266. The number of aromatic nitrogens is 4. The molecule has 6 nitrogen and oxygen atoms in total. The Balaban J connectivity index is 1.56. The molecule has 0 bridgehead atoms. The maximum absolute atomic E-state index is 11.8. The first-order valence-corrected chi connectivity index (χ1v) is 7.67. The number of aryl methyl sites for hydroxylation is 1. The lowest BCUT2D eigenvalue weighted by Gasteiger charge is -2.04. The molecule has 0 aliphatic carbocycles. The summed E-state index contributed by atoms with van der Waals surface area (Å²) < 4.78 is 2.40. The van der Waals surface area contributed by atoms with Crippen molar-refractivity contribution in [2.24, 2.45) is 0 Å². The minimum atomic E-state index is -0.0511. The molecule has 0 aliphatic rings. The van der Waals surface area contributed by atoms with Crippen molar-refractivity contribution < 1.29 is 4.79 Å². The molecular weight excluding hydrogens is 294 g/mol. The van der Waals surface area contributed by atoms with Crippen LogP contribution in [-0.2, 0) is 4.79 Å². The van der Waals surface area contributed by atoms with Crippen molar-refractivity contribution >= 4 is 39.7 Å². The van der Waals surface area contributed by atoms with Gasteiger partial charge in [-0.1, -0.05) is 40.8 Å². The number of carbonyl (C=O) groups is 1. The van der Waals surface area contributed by atoms with E-state index in [1.165, 1.54) is 23.1 Å². The van der Waals surface area contributed by atoms with Crippen LogP contribution in [0.15, 0.2) is 34.9 Å². The van der Waals surface area contributed by atoms with Crippen molar-refractivity contribution in [3.05, 3.63) is 36.2 Å². The number of nitrogens with zero attached hydrogens (tertiary/aromatic N) is 4. The zero-order valence-electron chi connectivity index (χ0n) is 10.6. The first kappa shape index (κ1) is 13.1. The average molecular weight is 305 g/mol. The van der Waals surface area contributed by atoms with Gasteiger partial charge in [-0.2, -0.15) is 4.52 Å². The largest absolute Gasteiger partial charge is 0.325 e. The number of hydrogen-bond donors (Lipinski definition) is 1. The van der Waals surface area contributed by atoms with Crippen LogP contribution >= 0.6 is 23.1 Å². The van der Waals surface area contributed by atoms with Crippen LogP contribution in [0.4, 0.5) is 5.69 Å². The molecule has 2 heterocycles. The van der Waals surface area contributed by atoms with E-state index in [4.69, 9.17) is 0 Å². The highest BCUT2D eigenvalue weighted by molar-refractivity contribution is 8.01. The monoisotopic (exact) mass is 305 g/mol. The van der Waals surface area contributed by atoms with E-state index in [1.807, 2.05) is 31.2 Å². The van der Waals surface area contributed by atoms with Crippen LogP contribution in [0.1, 0.15) is 5.56 Å². The fourth-order valence-electron chi connectivity index (χ4n) is 1.56. The molecule has 20 heavy (non-hydrogen) atoms. The molecule has 3 rings (SSSR count). The molecule has 1 amide bonds. The Morgan fingerprint density at radius 3 is 2.95 bits per heavy atom. The lowest BCUT2D eigenvalue weighted by Crippen LogP contribution is -2.13. The zero-order valence-corrected chi connectivity index (χ0v) is 12.2. The minimum Gasteiger partial charge on any atom is -0.325 e. The molecule has 0 saturated carbocycles. The third kappa shape index (κ3) is 2.97. The summed E-state index contributed by atoms with van der Waals surface area (Å²) in [5, 5.41) is 14.7. The molecule has 1 aromatic carbocycles. The molecule has 102 valence electrons. The smallest absolute Gasteiger partial charge is 0.235 e. The first-order chi connectivity index (χ1) is 9.70. The Morgan fingerprint density at radius 1 is 1.40 bits per heavy atom. The topological polar surface area (TPSA) is 72.2 Å². The van der Waals surface area contributed by atoms with Gasteiger partial charge in [0.05, 0.1) is 5.75 Å². The Morgan fingerprint density at radius 2 is 2.20 bits per heavy atom. The second-order valence-electron chi connectivity index (χ2n) is 4.13. The normalized spacial score (nSPS) is 10.8. The molecule has 1 N–H and O–H groups in total. The maximum atomic E-state index is 11.8. The van der Waals surface area contributed by atoms with Crippen molar-refractivity contribution in [3.63, 3.8) is 0 Å². The van der Waals surface area contributed by atoms with Crippen molar-refractivity contribution in [1.29, 1.82) is 0 Å². The fourth-order valence-corrected chi connectivity index (χ4v) is 3.22. The van der Waals surface area contributed by atoms with Gasteiger partial charge in [-0.25, -0.2) is 0 Å². The number of anilines is 1. The maximum Gasteiger partial charge on any atom is 0.235 e. The van der Waals surface area contributed by atoms with Crippen LogP contribution in [0, 0.1) is 6.92 Å². The molecule has 0 atom stereocenters. The SMILES string of the molecule is Cc1ccc(NC(=O)CSc2nn3cnnc3s2)cc1. The lowest BCUT2D eigenvalue weighted by molar-refractivity contribution is -0.113. The quantitative estimate of drug-likeness (QED) is 0.748. The first-order valence-electron chi connectivity index (χ1n) is 5.87. The predicted octanol–water partition coefficient (Wildman–Crippen LogP) is 2.23. The summed E-state index contributed by atoms with van der Waals surface area (Å²) in [7, 11) is 0. The average Bonchev–Trinajstić information content (AvgIpc) is 3.00. The molecule has 0 fully saturated rings. The van der Waals surface area contributed by atoms with Gasteiger partial charge in [0.15, 0.2) is 4.34 Å². The van der Waals surface area contributed by atoms with Crippen LogP contribution in [0.2, 0.25) is 0 Å². The highest BCUT2D eigenvalue weighted by Gasteiger charge is 2.09. The van der Waals surface area contributed by atoms with E-state index in [9.17, 15) is 4.79 Å². The third-order valence-electron chi connectivity index (χ3n) is 2.53. The van der Waals surface area contributed by atoms with Crippen molar-refractivity contribution in [3.8, 4) is 0 Å². The standard InChI is InChI=1S/C12H11N5OS2/c1-8-2-4-9(5-3-8)14-10(18)6-19-12-16-17-7-13-15-11(17)20-12/h2-5,7H,6H2,1H3,(H,14,18). The number of amides is 1. The van der Waals surface area contributed by atoms with E-state index in [1.54, 1.807) is 10.8 Å². The molecule has 2 aromatic heterocycles. The van der Waals surface area contributed by atoms with Gasteiger partial charge in [0, 0.05) is 5.69 Å². The summed E-state index contributed by atoms with van der Waals surface area (Å²) in [6.07, 6.45) is 1.54. The zero-order chi connectivity index (χ0) is 13.9. The van der Waals surface area contributed by atoms with E-state index in [2.05, 4.69) is 20.6 Å². The van der Waals surface area contributed by atoms with Gasteiger partial charge < -0.3 is 5.32 Å². The molecule has 0 unspecified atom stereocenters. The Bertz CT molecular complexity index is 705. The van der Waals surface area contributed by atoms with Gasteiger partial charge in [0.1, 0.15) is 6.33 Å². The van der Waals surface area contributed by atoms with Crippen molar-refractivity contribution in [1.82, 2.24) is 19.8 Å². The molecule has 0 spiro atoms. The summed E-state index contributed by atoms with van der Waals surface area (Å²) in [5.41, 5.74) is 1.97. The van der Waals surface area contributed by atoms with Crippen LogP contribution in [0.5, 0.6) is 0 Å². The van der Waals surface area contributed by atoms with Gasteiger partial charge in [-0.3, -0.25) is 4.79 Å². The summed E-state index contributed by atoms with van der Waals surface area (Å²) >= 11 is 2.80. The lowest BCUT2D eigenvalue weighted by atomic mass is 10.2. The summed E-state index contributed by atoms with van der Waals surface area (Å²) in [6.45, 7) is 2.01. The Labute approximate surface area is 123 Å². The van der Waals surface area contributed by atoms with E-state index in [0.717, 1.165) is 20.6 Å². The summed E-state index contributed by atoms with van der Waals surface area (Å²) in [4.78, 5) is 12.6. The Kier molecular flexibility index (Phi) is 3.66. The van der Waals surface area contributed by atoms with Crippen LogP contribution in [0.3, 0.4) is 0 Å². The number of carbonyl (C=O) groups excluding carboxylic acids is 1. The van der Waals surface area contributed by atoms with Crippen molar-refractivity contribution in [2.45, 2.75) is 11.3 Å². The molecule has 0 aliphatic heterocycles. The molecular formula is C12H11N5OS2. The van der Waals surface area contributed by atoms with Gasteiger partial charge in [-0.15, -0.1) is 15.3 Å². The number of hydrogen-bond acceptors (Lipinski definition) is 6. The van der Waals surface area contributed by atoms with Gasteiger partial charge in [-0.05, 0) is 19.1 Å². The molecule has 0 saturated heterocycles. The second kappa shape index (κ2) is 5.59. The number of thioether (sulfide) groups is 1. The molecule has 8 heteroatoms. The molecule has 0 radical (unpaired) electrons. The minimum absolute atomic E-state index is 0.0511. The number of rotatable bonds is 4. The van der Waals surface area contributed by atoms with Crippen molar-refractivity contribution in [2.75, 3.05) is 11.1 Å².